The number of rotatable bonds is 5. The van der Waals surface area contributed by atoms with Crippen LogP contribution in [0.25, 0.3) is 0 Å². The van der Waals surface area contributed by atoms with Crippen LogP contribution in [0.4, 0.5) is 0 Å². The van der Waals surface area contributed by atoms with Crippen LogP contribution in [0.1, 0.15) is 45.1 Å². The summed E-state index contributed by atoms with van der Waals surface area (Å²) in [5.74, 6) is -0.366. The van der Waals surface area contributed by atoms with Gasteiger partial charge in [0.25, 0.3) is 0 Å². The highest BCUT2D eigenvalue weighted by atomic mass is 32.2. The van der Waals surface area contributed by atoms with Gasteiger partial charge in [0.2, 0.25) is 10.0 Å². The summed E-state index contributed by atoms with van der Waals surface area (Å²) in [5, 5.41) is 0. The summed E-state index contributed by atoms with van der Waals surface area (Å²) < 4.78 is 32.9. The Balaban J connectivity index is 2.32. The van der Waals surface area contributed by atoms with Crippen molar-refractivity contribution in [3.8, 4) is 0 Å². The third-order valence-electron chi connectivity index (χ3n) is 4.27. The lowest BCUT2D eigenvalue weighted by molar-refractivity contribution is -0.149. The van der Waals surface area contributed by atoms with E-state index >= 15 is 0 Å². The topological polar surface area (TPSA) is 63.7 Å². The highest BCUT2D eigenvalue weighted by Gasteiger charge is 2.38. The Kier molecular flexibility index (Phi) is 5.81. The average Bonchev–Trinajstić information content (AvgIpc) is 2.53. The molecule has 1 aliphatic heterocycles. The van der Waals surface area contributed by atoms with Gasteiger partial charge in [-0.15, -0.1) is 0 Å². The number of carbonyl (C=O) groups excluding carboxylic acids is 1. The van der Waals surface area contributed by atoms with Crippen LogP contribution in [0.3, 0.4) is 0 Å². The summed E-state index contributed by atoms with van der Waals surface area (Å²) in [6.07, 6.45) is 2.70. The maximum atomic E-state index is 13.0. The lowest BCUT2D eigenvalue weighted by Gasteiger charge is -2.38. The van der Waals surface area contributed by atoms with Crippen molar-refractivity contribution in [2.45, 2.75) is 63.5 Å². The Hall–Kier alpha value is -1.40. The minimum absolute atomic E-state index is 0.288. The molecule has 1 saturated heterocycles. The number of piperidine rings is 1. The van der Waals surface area contributed by atoms with Gasteiger partial charge >= 0.3 is 5.97 Å². The van der Waals surface area contributed by atoms with Crippen LogP contribution in [-0.4, -0.2) is 37.4 Å². The van der Waals surface area contributed by atoms with Crippen LogP contribution in [-0.2, 0) is 19.6 Å². The number of benzene rings is 1. The molecule has 0 bridgehead atoms. The number of carbonyl (C=O) groups is 1. The van der Waals surface area contributed by atoms with E-state index in [0.29, 0.717) is 17.9 Å². The molecule has 128 valence electrons. The second kappa shape index (κ2) is 7.45. The second-order valence-electron chi connectivity index (χ2n) is 6.05. The zero-order valence-electron chi connectivity index (χ0n) is 14.0. The number of sulfonamides is 1. The number of aryl methyl sites for hydroxylation is 1. The Morgan fingerprint density at radius 1 is 1.30 bits per heavy atom. The zero-order chi connectivity index (χ0) is 17.0. The molecule has 0 spiro atoms. The van der Waals surface area contributed by atoms with E-state index in [4.69, 9.17) is 4.74 Å². The molecule has 1 aliphatic rings. The van der Waals surface area contributed by atoms with Crippen LogP contribution in [0.2, 0.25) is 0 Å². The van der Waals surface area contributed by atoms with Crippen LogP contribution in [0.5, 0.6) is 0 Å². The lowest BCUT2D eigenvalue weighted by atomic mass is 9.98. The highest BCUT2D eigenvalue weighted by Crippen LogP contribution is 2.29. The molecule has 6 heteroatoms. The number of nitrogens with zero attached hydrogens (tertiary/aromatic N) is 1. The van der Waals surface area contributed by atoms with Gasteiger partial charge in [-0.25, -0.2) is 8.42 Å². The van der Waals surface area contributed by atoms with Crippen LogP contribution in [0, 0.1) is 6.92 Å². The Morgan fingerprint density at radius 2 is 1.96 bits per heavy atom. The maximum absolute atomic E-state index is 13.0. The Labute approximate surface area is 138 Å². The van der Waals surface area contributed by atoms with E-state index in [1.54, 1.807) is 24.3 Å². The second-order valence-corrected chi connectivity index (χ2v) is 7.94. The molecule has 23 heavy (non-hydrogen) atoms. The molecule has 1 heterocycles. The fraction of sp³-hybridized carbons (Fsp3) is 0.588. The number of hydrogen-bond acceptors (Lipinski definition) is 4. The minimum atomic E-state index is -3.58. The summed E-state index contributed by atoms with van der Waals surface area (Å²) in [7, 11) is -3.58. The molecular weight excluding hydrogens is 314 g/mol. The lowest BCUT2D eigenvalue weighted by Crippen LogP contribution is -2.50. The molecule has 2 rings (SSSR count). The molecule has 0 aromatic heterocycles. The molecule has 0 unspecified atom stereocenters. The van der Waals surface area contributed by atoms with Gasteiger partial charge < -0.3 is 4.74 Å². The van der Waals surface area contributed by atoms with E-state index in [9.17, 15) is 13.2 Å². The first kappa shape index (κ1) is 17.9. The molecule has 0 aliphatic carbocycles. The van der Waals surface area contributed by atoms with E-state index in [2.05, 4.69) is 0 Å². The largest absolute Gasteiger partial charge is 0.461 e. The van der Waals surface area contributed by atoms with Crippen molar-refractivity contribution in [3.05, 3.63) is 29.8 Å². The summed E-state index contributed by atoms with van der Waals surface area (Å²) in [5.41, 5.74) is 1.02. The first-order valence-electron chi connectivity index (χ1n) is 8.12. The fourth-order valence-electron chi connectivity index (χ4n) is 3.09. The molecular formula is C17H25NO4S. The Morgan fingerprint density at radius 3 is 2.52 bits per heavy atom. The third-order valence-corrected chi connectivity index (χ3v) is 6.21. The van der Waals surface area contributed by atoms with Crippen molar-refractivity contribution in [3.63, 3.8) is 0 Å². The van der Waals surface area contributed by atoms with Crippen molar-refractivity contribution in [2.75, 3.05) is 6.54 Å². The summed E-state index contributed by atoms with van der Waals surface area (Å²) in [6, 6.07) is 6.60. The van der Waals surface area contributed by atoms with E-state index in [0.717, 1.165) is 24.8 Å². The zero-order valence-corrected chi connectivity index (χ0v) is 14.8. The van der Waals surface area contributed by atoms with Gasteiger partial charge in [-0.3, -0.25) is 4.79 Å². The average molecular weight is 339 g/mol. The van der Waals surface area contributed by atoms with Gasteiger partial charge in [-0.1, -0.05) is 31.0 Å². The predicted octanol–water partition coefficient (Wildman–Crippen LogP) is 2.88. The molecule has 1 aromatic rings. The van der Waals surface area contributed by atoms with Gasteiger partial charge in [-0.05, 0) is 38.3 Å². The fourth-order valence-corrected chi connectivity index (χ4v) is 4.81. The van der Waals surface area contributed by atoms with Crippen molar-refractivity contribution in [1.29, 1.82) is 0 Å². The maximum Gasteiger partial charge on any atom is 0.302 e. The molecule has 2 atom stereocenters. The van der Waals surface area contributed by atoms with Crippen molar-refractivity contribution in [2.24, 2.45) is 0 Å². The SMILES string of the molecule is CC[C@H](OC(C)=O)[C@@H]1CCCCN1S(=O)(=O)c1ccc(C)cc1. The summed E-state index contributed by atoms with van der Waals surface area (Å²) >= 11 is 0. The van der Waals surface area contributed by atoms with E-state index in [1.807, 2.05) is 13.8 Å². The quantitative estimate of drug-likeness (QED) is 0.774. The van der Waals surface area contributed by atoms with Gasteiger partial charge in [-0.2, -0.15) is 4.31 Å². The molecule has 1 fully saturated rings. The third kappa shape index (κ3) is 4.12. The van der Waals surface area contributed by atoms with Crippen molar-refractivity contribution >= 4 is 16.0 Å². The summed E-state index contributed by atoms with van der Waals surface area (Å²) in [6.45, 7) is 5.68. The Bertz CT molecular complexity index is 639. The van der Waals surface area contributed by atoms with Gasteiger partial charge in [0, 0.05) is 13.5 Å². The number of ether oxygens (including phenoxy) is 1. The standard InChI is InChI=1S/C17H25NO4S/c1-4-17(22-14(3)19)16-7-5-6-12-18(16)23(20,21)15-10-8-13(2)9-11-15/h8-11,16-17H,4-7,12H2,1-3H3/t16-,17-/m0/s1. The molecule has 0 N–H and O–H groups in total. The first-order valence-corrected chi connectivity index (χ1v) is 9.56. The molecule has 1 aromatic carbocycles. The molecule has 5 nitrogen and oxygen atoms in total. The van der Waals surface area contributed by atoms with Crippen LogP contribution >= 0.6 is 0 Å². The molecule has 0 saturated carbocycles. The van der Waals surface area contributed by atoms with E-state index < -0.39 is 16.1 Å². The van der Waals surface area contributed by atoms with E-state index in [1.165, 1.54) is 11.2 Å². The summed E-state index contributed by atoms with van der Waals surface area (Å²) in [4.78, 5) is 11.6. The highest BCUT2D eigenvalue weighted by molar-refractivity contribution is 7.89. The molecule has 0 radical (unpaired) electrons. The van der Waals surface area contributed by atoms with E-state index in [-0.39, 0.29) is 12.0 Å². The monoisotopic (exact) mass is 339 g/mol. The number of hydrogen-bond donors (Lipinski definition) is 0. The number of esters is 1. The normalized spacial score (nSPS) is 20.9. The first-order chi connectivity index (χ1) is 10.9. The molecule has 0 amide bonds. The van der Waals surface area contributed by atoms with Crippen LogP contribution < -0.4 is 0 Å². The van der Waals surface area contributed by atoms with Gasteiger partial charge in [0.15, 0.2) is 0 Å². The van der Waals surface area contributed by atoms with Crippen molar-refractivity contribution in [1.82, 2.24) is 4.31 Å². The van der Waals surface area contributed by atoms with Crippen LogP contribution in [0.15, 0.2) is 29.2 Å². The van der Waals surface area contributed by atoms with Gasteiger partial charge in [0.05, 0.1) is 10.9 Å². The minimum Gasteiger partial charge on any atom is -0.461 e. The van der Waals surface area contributed by atoms with Gasteiger partial charge in [0.1, 0.15) is 6.10 Å². The van der Waals surface area contributed by atoms with Crippen molar-refractivity contribution < 1.29 is 17.9 Å². The smallest absolute Gasteiger partial charge is 0.302 e. The predicted molar refractivity (Wildman–Crippen MR) is 88.6 cm³/mol.